The van der Waals surface area contributed by atoms with Gasteiger partial charge in [-0.15, -0.1) is 10.2 Å². The quantitative estimate of drug-likeness (QED) is 0.281. The Morgan fingerprint density at radius 2 is 1.08 bits per heavy atom. The molecular formula is C31H19N5O. The molecule has 3 aromatic heterocycles. The molecule has 37 heavy (non-hydrogen) atoms. The number of aromatic hydroxyl groups is 1. The number of aromatic nitrogens is 5. The zero-order valence-corrected chi connectivity index (χ0v) is 19.6. The molecule has 6 nitrogen and oxygen atoms in total. The normalized spacial score (nSPS) is 11.4. The minimum Gasteiger partial charge on any atom is -0.507 e. The van der Waals surface area contributed by atoms with E-state index in [2.05, 4.69) is 21.2 Å². The lowest BCUT2D eigenvalue weighted by molar-refractivity contribution is 0.478. The summed E-state index contributed by atoms with van der Waals surface area (Å²) in [4.78, 5) is 14.3. The van der Waals surface area contributed by atoms with E-state index in [1.54, 1.807) is 6.07 Å². The van der Waals surface area contributed by atoms with Crippen LogP contribution in [0.5, 0.6) is 5.75 Å². The van der Waals surface area contributed by atoms with Crippen molar-refractivity contribution in [2.24, 2.45) is 0 Å². The number of hydrogen-bond donors (Lipinski definition) is 1. The second-order valence-corrected chi connectivity index (χ2v) is 8.85. The first-order chi connectivity index (χ1) is 18.2. The summed E-state index contributed by atoms with van der Waals surface area (Å²) < 4.78 is 0. The summed E-state index contributed by atoms with van der Waals surface area (Å²) in [5, 5.41) is 20.7. The lowest BCUT2D eigenvalue weighted by Gasteiger charge is -2.10. The summed E-state index contributed by atoms with van der Waals surface area (Å²) in [6.07, 6.45) is 0. The van der Waals surface area contributed by atoms with Gasteiger partial charge in [-0.2, -0.15) is 0 Å². The lowest BCUT2D eigenvalue weighted by Crippen LogP contribution is -1.92. The van der Waals surface area contributed by atoms with Crippen molar-refractivity contribution in [3.05, 3.63) is 109 Å². The minimum absolute atomic E-state index is 0.113. The molecule has 0 aliphatic rings. The molecule has 0 atom stereocenters. The molecule has 0 radical (unpaired) electrons. The van der Waals surface area contributed by atoms with Gasteiger partial charge in [0.25, 0.3) is 0 Å². The van der Waals surface area contributed by atoms with E-state index in [9.17, 15) is 5.11 Å². The second kappa shape index (κ2) is 8.46. The predicted octanol–water partition coefficient (Wildman–Crippen LogP) is 6.83. The first kappa shape index (κ1) is 21.1. The van der Waals surface area contributed by atoms with Crippen LogP contribution in [-0.2, 0) is 0 Å². The van der Waals surface area contributed by atoms with E-state index >= 15 is 0 Å². The smallest absolute Gasteiger partial charge is 0.127 e. The molecule has 0 spiro atoms. The lowest BCUT2D eigenvalue weighted by atomic mass is 10.0. The van der Waals surface area contributed by atoms with Gasteiger partial charge in [0.2, 0.25) is 0 Å². The summed E-state index contributed by atoms with van der Waals surface area (Å²) in [5.74, 6) is 0.113. The van der Waals surface area contributed by atoms with Crippen molar-refractivity contribution in [1.29, 1.82) is 0 Å². The van der Waals surface area contributed by atoms with Crippen molar-refractivity contribution >= 4 is 33.0 Å². The molecule has 0 aliphatic heterocycles. The highest BCUT2D eigenvalue weighted by molar-refractivity contribution is 5.91. The molecule has 0 unspecified atom stereocenters. The average Bonchev–Trinajstić information content (AvgIpc) is 2.95. The molecule has 1 N–H and O–H groups in total. The molecule has 174 valence electrons. The third-order valence-corrected chi connectivity index (χ3v) is 6.43. The van der Waals surface area contributed by atoms with Crippen molar-refractivity contribution in [1.82, 2.24) is 25.1 Å². The Bertz CT molecular complexity index is 1970. The minimum atomic E-state index is 0.113. The van der Waals surface area contributed by atoms with Crippen LogP contribution in [0.1, 0.15) is 0 Å². The number of rotatable bonds is 3. The Hall–Kier alpha value is -5.23. The van der Waals surface area contributed by atoms with Gasteiger partial charge >= 0.3 is 0 Å². The Labute approximate surface area is 212 Å². The summed E-state index contributed by atoms with van der Waals surface area (Å²) in [6, 6.07) is 35.1. The topological polar surface area (TPSA) is 84.7 Å². The maximum atomic E-state index is 10.9. The number of benzene rings is 4. The Balaban J connectivity index is 1.30. The highest BCUT2D eigenvalue weighted by atomic mass is 16.3. The standard InChI is InChI=1S/C31H19N5O/c37-31-18-30-29(33-26-11-3-4-12-27(26)34-30)17-22(31)25-14-6-13-23(32-25)19-8-5-9-20(15-19)28-16-21-7-1-2-10-24(21)35-36-28/h1-18,37H. The third kappa shape index (κ3) is 3.81. The number of phenolic OH excluding ortho intramolecular Hbond substituents is 1. The van der Waals surface area contributed by atoms with Gasteiger partial charge in [0, 0.05) is 28.1 Å². The van der Waals surface area contributed by atoms with Gasteiger partial charge in [-0.25, -0.2) is 15.0 Å². The Morgan fingerprint density at radius 3 is 1.89 bits per heavy atom. The maximum absolute atomic E-state index is 10.9. The molecule has 7 rings (SSSR count). The van der Waals surface area contributed by atoms with Gasteiger partial charge < -0.3 is 5.11 Å². The van der Waals surface area contributed by atoms with Crippen molar-refractivity contribution in [2.45, 2.75) is 0 Å². The van der Waals surface area contributed by atoms with Crippen LogP contribution < -0.4 is 0 Å². The number of nitrogens with zero attached hydrogens (tertiary/aromatic N) is 5. The average molecular weight is 478 g/mol. The maximum Gasteiger partial charge on any atom is 0.127 e. The van der Waals surface area contributed by atoms with Gasteiger partial charge in [0.15, 0.2) is 0 Å². The van der Waals surface area contributed by atoms with E-state index in [4.69, 9.17) is 9.97 Å². The van der Waals surface area contributed by atoms with Crippen LogP contribution >= 0.6 is 0 Å². The van der Waals surface area contributed by atoms with Crippen LogP contribution in [-0.4, -0.2) is 30.3 Å². The molecule has 6 heteroatoms. The zero-order chi connectivity index (χ0) is 24.8. The fourth-order valence-electron chi connectivity index (χ4n) is 4.57. The van der Waals surface area contributed by atoms with Gasteiger partial charge in [-0.05, 0) is 48.5 Å². The summed E-state index contributed by atoms with van der Waals surface area (Å²) >= 11 is 0. The highest BCUT2D eigenvalue weighted by Crippen LogP contribution is 2.33. The molecule has 7 aromatic rings. The number of para-hydroxylation sites is 2. The van der Waals surface area contributed by atoms with Crippen molar-refractivity contribution < 1.29 is 5.11 Å². The fraction of sp³-hybridized carbons (Fsp3) is 0. The molecule has 4 aromatic carbocycles. The number of hydrogen-bond acceptors (Lipinski definition) is 6. The fourth-order valence-corrected chi connectivity index (χ4v) is 4.57. The molecule has 0 fully saturated rings. The van der Waals surface area contributed by atoms with E-state index in [0.717, 1.165) is 44.5 Å². The van der Waals surface area contributed by atoms with E-state index in [0.29, 0.717) is 22.3 Å². The van der Waals surface area contributed by atoms with E-state index in [1.165, 1.54) is 0 Å². The first-order valence-corrected chi connectivity index (χ1v) is 11.9. The SMILES string of the molecule is Oc1cc2nc3ccccc3nc2cc1-c1cccc(-c2cccc(-c3cc4ccccc4nn3)c2)n1. The number of pyridine rings is 1. The van der Waals surface area contributed by atoms with Crippen LogP contribution in [0.3, 0.4) is 0 Å². The van der Waals surface area contributed by atoms with Crippen molar-refractivity contribution in [3.8, 4) is 39.5 Å². The van der Waals surface area contributed by atoms with Crippen LogP contribution in [0, 0.1) is 0 Å². The van der Waals surface area contributed by atoms with E-state index < -0.39 is 0 Å². The van der Waals surface area contributed by atoms with Crippen LogP contribution in [0.2, 0.25) is 0 Å². The van der Waals surface area contributed by atoms with Gasteiger partial charge in [0.1, 0.15) is 5.75 Å². The number of fused-ring (bicyclic) bond motifs is 3. The molecule has 3 heterocycles. The molecule has 0 saturated carbocycles. The molecular weight excluding hydrogens is 458 g/mol. The third-order valence-electron chi connectivity index (χ3n) is 6.43. The molecule has 0 amide bonds. The summed E-state index contributed by atoms with van der Waals surface area (Å²) in [5.41, 5.74) is 8.56. The predicted molar refractivity (Wildman–Crippen MR) is 146 cm³/mol. The Morgan fingerprint density at radius 1 is 0.432 bits per heavy atom. The molecule has 0 bridgehead atoms. The van der Waals surface area contributed by atoms with Crippen molar-refractivity contribution in [2.75, 3.05) is 0 Å². The largest absolute Gasteiger partial charge is 0.507 e. The van der Waals surface area contributed by atoms with E-state index in [-0.39, 0.29) is 5.75 Å². The first-order valence-electron chi connectivity index (χ1n) is 11.9. The Kier molecular flexibility index (Phi) is 4.82. The van der Waals surface area contributed by atoms with Crippen molar-refractivity contribution in [3.63, 3.8) is 0 Å². The van der Waals surface area contributed by atoms with Crippen LogP contribution in [0.25, 0.3) is 66.7 Å². The van der Waals surface area contributed by atoms with Crippen LogP contribution in [0.15, 0.2) is 109 Å². The van der Waals surface area contributed by atoms with Crippen LogP contribution in [0.4, 0.5) is 0 Å². The number of phenols is 1. The highest BCUT2D eigenvalue weighted by Gasteiger charge is 2.12. The summed E-state index contributed by atoms with van der Waals surface area (Å²) in [6.45, 7) is 0. The second-order valence-electron chi connectivity index (χ2n) is 8.85. The molecule has 0 saturated heterocycles. The zero-order valence-electron chi connectivity index (χ0n) is 19.6. The van der Waals surface area contributed by atoms with Gasteiger partial charge in [0.05, 0.1) is 44.7 Å². The summed E-state index contributed by atoms with van der Waals surface area (Å²) in [7, 11) is 0. The van der Waals surface area contributed by atoms with E-state index in [1.807, 2.05) is 97.1 Å². The van der Waals surface area contributed by atoms with Gasteiger partial charge in [-0.1, -0.05) is 54.6 Å². The van der Waals surface area contributed by atoms with Gasteiger partial charge in [-0.3, -0.25) is 0 Å². The monoisotopic (exact) mass is 477 g/mol. The molecule has 0 aliphatic carbocycles.